The van der Waals surface area contributed by atoms with Gasteiger partial charge in [0.25, 0.3) is 5.91 Å². The number of hydrogen-bond acceptors (Lipinski definition) is 6. The molecule has 0 unspecified atom stereocenters. The molecule has 0 radical (unpaired) electrons. The second kappa shape index (κ2) is 8.79. The quantitative estimate of drug-likeness (QED) is 0.731. The Morgan fingerprint density at radius 3 is 2.79 bits per heavy atom. The smallest absolute Gasteiger partial charge is 0.265 e. The first-order chi connectivity index (χ1) is 14.1. The number of nitrogens with zero attached hydrogens (tertiary/aromatic N) is 3. The van der Waals surface area contributed by atoms with Crippen molar-refractivity contribution in [2.45, 2.75) is 6.54 Å². The molecule has 1 aromatic carbocycles. The fourth-order valence-electron chi connectivity index (χ4n) is 3.25. The van der Waals surface area contributed by atoms with Crippen molar-refractivity contribution in [3.05, 3.63) is 46.6 Å². The first kappa shape index (κ1) is 19.7. The van der Waals surface area contributed by atoms with Crippen LogP contribution in [0.5, 0.6) is 5.75 Å². The molecule has 2 aliphatic rings. The minimum atomic E-state index is -0.244. The molecule has 4 rings (SSSR count). The van der Waals surface area contributed by atoms with Gasteiger partial charge in [-0.25, -0.2) is 4.98 Å². The van der Waals surface area contributed by atoms with Crippen LogP contribution < -0.4 is 19.9 Å². The minimum Gasteiger partial charge on any atom is -0.482 e. The Hall–Kier alpha value is -2.65. The average molecular weight is 461 g/mol. The van der Waals surface area contributed by atoms with E-state index in [1.807, 2.05) is 18.2 Å². The zero-order valence-corrected chi connectivity index (χ0v) is 17.4. The van der Waals surface area contributed by atoms with Gasteiger partial charge in [-0.2, -0.15) is 0 Å². The van der Waals surface area contributed by atoms with Crippen LogP contribution in [0.3, 0.4) is 0 Å². The highest BCUT2D eigenvalue weighted by molar-refractivity contribution is 9.10. The topological polar surface area (TPSA) is 84.0 Å². The standard InChI is InChI=1S/C20H21BrN4O4/c21-15-2-3-16-17(9-15)29-13-20(27)25(16)12-19(26)23-11-14-1-4-18(22-10-14)24-5-7-28-8-6-24/h1-4,9-10H,5-8,11-13H2,(H,23,26). The number of carbonyl (C=O) groups is 2. The predicted molar refractivity (Wildman–Crippen MR) is 111 cm³/mol. The van der Waals surface area contributed by atoms with Crippen LogP contribution in [0.25, 0.3) is 0 Å². The van der Waals surface area contributed by atoms with E-state index in [4.69, 9.17) is 9.47 Å². The molecule has 1 N–H and O–H groups in total. The van der Waals surface area contributed by atoms with E-state index in [1.165, 1.54) is 4.90 Å². The summed E-state index contributed by atoms with van der Waals surface area (Å²) in [7, 11) is 0. The van der Waals surface area contributed by atoms with Gasteiger partial charge in [0.1, 0.15) is 18.1 Å². The van der Waals surface area contributed by atoms with E-state index in [2.05, 4.69) is 31.1 Å². The molecular weight excluding hydrogens is 440 g/mol. The number of hydrogen-bond donors (Lipinski definition) is 1. The van der Waals surface area contributed by atoms with Crippen molar-refractivity contribution in [2.24, 2.45) is 0 Å². The molecule has 152 valence electrons. The van der Waals surface area contributed by atoms with Crippen molar-refractivity contribution >= 4 is 39.2 Å². The van der Waals surface area contributed by atoms with Gasteiger partial charge >= 0.3 is 0 Å². The van der Waals surface area contributed by atoms with Crippen LogP contribution in [0.1, 0.15) is 5.56 Å². The van der Waals surface area contributed by atoms with Crippen molar-refractivity contribution in [1.29, 1.82) is 0 Å². The molecule has 8 nitrogen and oxygen atoms in total. The summed E-state index contributed by atoms with van der Waals surface area (Å²) >= 11 is 3.38. The fraction of sp³-hybridized carbons (Fsp3) is 0.350. The molecule has 1 aromatic heterocycles. The number of carbonyl (C=O) groups excluding carboxylic acids is 2. The van der Waals surface area contributed by atoms with Crippen LogP contribution in [0.4, 0.5) is 11.5 Å². The number of aromatic nitrogens is 1. The largest absolute Gasteiger partial charge is 0.482 e. The number of morpholine rings is 1. The van der Waals surface area contributed by atoms with Crippen LogP contribution >= 0.6 is 15.9 Å². The minimum absolute atomic E-state index is 0.0594. The second-order valence-electron chi connectivity index (χ2n) is 6.78. The van der Waals surface area contributed by atoms with Crippen molar-refractivity contribution in [3.8, 4) is 5.75 Å². The number of benzene rings is 1. The van der Waals surface area contributed by atoms with Gasteiger partial charge < -0.3 is 19.7 Å². The van der Waals surface area contributed by atoms with Crippen LogP contribution in [-0.4, -0.2) is 56.3 Å². The molecule has 2 amide bonds. The van der Waals surface area contributed by atoms with E-state index in [1.54, 1.807) is 18.3 Å². The summed E-state index contributed by atoms with van der Waals surface area (Å²) in [4.78, 5) is 32.7. The van der Waals surface area contributed by atoms with Crippen molar-refractivity contribution in [1.82, 2.24) is 10.3 Å². The fourth-order valence-corrected chi connectivity index (χ4v) is 3.59. The number of fused-ring (bicyclic) bond motifs is 1. The lowest BCUT2D eigenvalue weighted by Crippen LogP contribution is -2.45. The Bertz CT molecular complexity index is 900. The van der Waals surface area contributed by atoms with Gasteiger partial charge in [0.05, 0.1) is 18.9 Å². The molecule has 0 aliphatic carbocycles. The Balaban J connectivity index is 1.34. The summed E-state index contributed by atoms with van der Waals surface area (Å²) in [5.41, 5.74) is 1.49. The summed E-state index contributed by atoms with van der Waals surface area (Å²) < 4.78 is 11.6. The predicted octanol–water partition coefficient (Wildman–Crippen LogP) is 1.72. The third-order valence-corrected chi connectivity index (χ3v) is 5.29. The highest BCUT2D eigenvalue weighted by Crippen LogP contribution is 2.34. The third-order valence-electron chi connectivity index (χ3n) is 4.80. The molecule has 2 aromatic rings. The molecule has 2 aliphatic heterocycles. The van der Waals surface area contributed by atoms with Crippen LogP contribution in [-0.2, 0) is 20.9 Å². The van der Waals surface area contributed by atoms with Crippen molar-refractivity contribution in [2.75, 3.05) is 49.3 Å². The van der Waals surface area contributed by atoms with E-state index in [9.17, 15) is 9.59 Å². The van der Waals surface area contributed by atoms with E-state index in [0.29, 0.717) is 31.2 Å². The summed E-state index contributed by atoms with van der Waals surface area (Å²) in [6.45, 7) is 3.28. The van der Waals surface area contributed by atoms with E-state index < -0.39 is 0 Å². The first-order valence-electron chi connectivity index (χ1n) is 9.37. The number of rotatable bonds is 5. The highest BCUT2D eigenvalue weighted by Gasteiger charge is 2.27. The lowest BCUT2D eigenvalue weighted by atomic mass is 10.2. The molecule has 29 heavy (non-hydrogen) atoms. The van der Waals surface area contributed by atoms with E-state index >= 15 is 0 Å². The van der Waals surface area contributed by atoms with Crippen LogP contribution in [0, 0.1) is 0 Å². The number of halogens is 1. The Morgan fingerprint density at radius 1 is 1.21 bits per heavy atom. The molecule has 0 atom stereocenters. The van der Waals surface area contributed by atoms with Crippen molar-refractivity contribution < 1.29 is 19.1 Å². The number of ether oxygens (including phenoxy) is 2. The Kier molecular flexibility index (Phi) is 5.96. The molecule has 0 spiro atoms. The molecule has 1 saturated heterocycles. The summed E-state index contributed by atoms with van der Waals surface area (Å²) in [6.07, 6.45) is 1.76. The van der Waals surface area contributed by atoms with Gasteiger partial charge in [0, 0.05) is 30.3 Å². The van der Waals surface area contributed by atoms with Crippen molar-refractivity contribution in [3.63, 3.8) is 0 Å². The third kappa shape index (κ3) is 4.68. The normalized spacial score (nSPS) is 16.2. The van der Waals surface area contributed by atoms with Gasteiger partial charge in [-0.05, 0) is 29.8 Å². The maximum atomic E-state index is 12.4. The van der Waals surface area contributed by atoms with Crippen LogP contribution in [0.15, 0.2) is 41.0 Å². The number of nitrogens with one attached hydrogen (secondary N) is 1. The monoisotopic (exact) mass is 460 g/mol. The summed E-state index contributed by atoms with van der Waals surface area (Å²) in [5.74, 6) is 0.998. The number of amides is 2. The zero-order chi connectivity index (χ0) is 20.2. The maximum absolute atomic E-state index is 12.4. The molecule has 0 saturated carbocycles. The van der Waals surface area contributed by atoms with Gasteiger partial charge in [0.15, 0.2) is 6.61 Å². The van der Waals surface area contributed by atoms with Gasteiger partial charge in [0.2, 0.25) is 5.91 Å². The number of pyridine rings is 1. The Labute approximate surface area is 176 Å². The zero-order valence-electron chi connectivity index (χ0n) is 15.8. The molecule has 1 fully saturated rings. The van der Waals surface area contributed by atoms with Gasteiger partial charge in [-0.3, -0.25) is 14.5 Å². The molecule has 0 bridgehead atoms. The van der Waals surface area contributed by atoms with Crippen LogP contribution in [0.2, 0.25) is 0 Å². The first-order valence-corrected chi connectivity index (χ1v) is 10.2. The molecular formula is C20H21BrN4O4. The summed E-state index contributed by atoms with van der Waals surface area (Å²) in [5, 5.41) is 2.85. The highest BCUT2D eigenvalue weighted by atomic mass is 79.9. The molecule has 3 heterocycles. The Morgan fingerprint density at radius 2 is 2.03 bits per heavy atom. The lowest BCUT2D eigenvalue weighted by Gasteiger charge is -2.29. The second-order valence-corrected chi connectivity index (χ2v) is 7.70. The SMILES string of the molecule is O=C(CN1C(=O)COc2cc(Br)ccc21)NCc1ccc(N2CCOCC2)nc1. The lowest BCUT2D eigenvalue weighted by molar-refractivity contribution is -0.125. The van der Waals surface area contributed by atoms with E-state index in [-0.39, 0.29) is 25.0 Å². The van der Waals surface area contributed by atoms with E-state index in [0.717, 1.165) is 28.9 Å². The summed E-state index contributed by atoms with van der Waals surface area (Å²) in [6, 6.07) is 9.26. The molecule has 9 heteroatoms. The van der Waals surface area contributed by atoms with Gasteiger partial charge in [-0.15, -0.1) is 0 Å². The van der Waals surface area contributed by atoms with Gasteiger partial charge in [-0.1, -0.05) is 22.0 Å². The average Bonchev–Trinajstić information content (AvgIpc) is 2.75. The number of anilines is 2. The maximum Gasteiger partial charge on any atom is 0.265 e.